The van der Waals surface area contributed by atoms with E-state index < -0.39 is 5.60 Å². The maximum atomic E-state index is 6.32. The van der Waals surface area contributed by atoms with E-state index in [1.54, 1.807) is 54.0 Å². The Labute approximate surface area is 520 Å². The highest BCUT2D eigenvalue weighted by molar-refractivity contribution is 5.68. The van der Waals surface area contributed by atoms with Gasteiger partial charge in [-0.2, -0.15) is 0 Å². The Morgan fingerprint density at radius 3 is 1.57 bits per heavy atom. The topological polar surface area (TPSA) is 336 Å². The molecular weight excluding hydrogens is 1140 g/mol. The van der Waals surface area contributed by atoms with E-state index >= 15 is 0 Å². The molecule has 1 fully saturated rings. The molecule has 5 aliphatic rings. The third-order valence-electron chi connectivity index (χ3n) is 17.3. The second-order valence-electron chi connectivity index (χ2n) is 23.9. The fraction of sp³-hybridized carbons (Fsp3) is 0.303. The molecule has 1 saturated carbocycles. The van der Waals surface area contributed by atoms with Crippen molar-refractivity contribution in [2.45, 2.75) is 84.2 Å². The summed E-state index contributed by atoms with van der Waals surface area (Å²) in [6.07, 6.45) is 17.9. The third-order valence-corrected chi connectivity index (χ3v) is 17.3. The first-order valence-electron chi connectivity index (χ1n) is 29.9. The van der Waals surface area contributed by atoms with Gasteiger partial charge in [-0.15, -0.1) is 0 Å². The molecule has 460 valence electrons. The Hall–Kier alpha value is -10.3. The minimum Gasteiger partial charge on any atom is -0.485 e. The van der Waals surface area contributed by atoms with Gasteiger partial charge in [0.2, 0.25) is 0 Å². The minimum absolute atomic E-state index is 0.187. The molecule has 3 aromatic carbocycles. The molecule has 12 N–H and O–H groups in total. The smallest absolute Gasteiger partial charge is 0.308 e. The number of aryl methyl sites for hydroxylation is 3. The minimum atomic E-state index is -0.451. The summed E-state index contributed by atoms with van der Waals surface area (Å²) in [5.74, 6) is 3.32. The van der Waals surface area contributed by atoms with Crippen LogP contribution in [0.15, 0.2) is 104 Å². The molecule has 1 unspecified atom stereocenters. The van der Waals surface area contributed by atoms with Crippen molar-refractivity contribution in [1.82, 2.24) is 68.9 Å². The number of benzene rings is 3. The summed E-state index contributed by atoms with van der Waals surface area (Å²) in [7, 11) is 6.43. The van der Waals surface area contributed by atoms with E-state index in [1.165, 1.54) is 50.1 Å². The van der Waals surface area contributed by atoms with Gasteiger partial charge in [0.05, 0.1) is 41.9 Å². The van der Waals surface area contributed by atoms with E-state index in [0.717, 1.165) is 111 Å². The van der Waals surface area contributed by atoms with Crippen molar-refractivity contribution < 1.29 is 18.9 Å². The van der Waals surface area contributed by atoms with Crippen LogP contribution in [0.5, 0.6) is 29.4 Å². The van der Waals surface area contributed by atoms with Gasteiger partial charge in [-0.25, -0.2) is 49.8 Å². The molecule has 24 nitrogen and oxygen atoms in total. The van der Waals surface area contributed by atoms with Crippen molar-refractivity contribution in [3.8, 4) is 63.2 Å². The normalized spacial score (nSPS) is 16.4. The first kappa shape index (κ1) is 58.7. The van der Waals surface area contributed by atoms with E-state index in [0.29, 0.717) is 58.7 Å². The molecule has 1 aliphatic carbocycles. The van der Waals surface area contributed by atoms with Gasteiger partial charge >= 0.3 is 6.01 Å². The number of likely N-dealkylation sites (N-methyl/N-ethyl adjacent to an activating group) is 3. The molecule has 11 heterocycles. The molecule has 7 aromatic heterocycles. The number of pyridine rings is 2. The van der Waals surface area contributed by atoms with Crippen LogP contribution in [0.3, 0.4) is 0 Å². The van der Waals surface area contributed by atoms with E-state index in [4.69, 9.17) is 58.3 Å². The van der Waals surface area contributed by atoms with E-state index in [-0.39, 0.29) is 29.5 Å². The van der Waals surface area contributed by atoms with Crippen molar-refractivity contribution in [1.29, 1.82) is 0 Å². The molecule has 0 spiro atoms. The highest BCUT2D eigenvalue weighted by Crippen LogP contribution is 2.50. The first-order valence-corrected chi connectivity index (χ1v) is 29.9. The average Bonchev–Trinajstić information content (AvgIpc) is 1.55. The Morgan fingerprint density at radius 2 is 1.02 bits per heavy atom. The second-order valence-corrected chi connectivity index (χ2v) is 23.9. The predicted octanol–water partition coefficient (Wildman–Crippen LogP) is 8.02. The molecule has 0 radical (unpaired) electrons. The van der Waals surface area contributed by atoms with Crippen molar-refractivity contribution in [2.75, 3.05) is 81.8 Å². The number of nitrogen functional groups attached to an aromatic ring is 6. The maximum Gasteiger partial charge on any atom is 0.308 e. The van der Waals surface area contributed by atoms with Gasteiger partial charge in [-0.1, -0.05) is 0 Å². The number of nitrogens with zero attached hydrogens (tertiary/aromatic N) is 14. The Balaban J connectivity index is 0.000000124. The van der Waals surface area contributed by atoms with Gasteiger partial charge in [-0.3, -0.25) is 4.40 Å². The van der Waals surface area contributed by atoms with Crippen LogP contribution in [0.2, 0.25) is 0 Å². The van der Waals surface area contributed by atoms with Gasteiger partial charge in [0.1, 0.15) is 29.4 Å². The summed E-state index contributed by atoms with van der Waals surface area (Å²) in [4.78, 5) is 50.5. The molecule has 24 heteroatoms. The van der Waals surface area contributed by atoms with Gasteiger partial charge in [-0.05, 0) is 179 Å². The van der Waals surface area contributed by atoms with Gasteiger partial charge in [0, 0.05) is 91.9 Å². The lowest BCUT2D eigenvalue weighted by molar-refractivity contribution is 0.158. The summed E-state index contributed by atoms with van der Waals surface area (Å²) in [5.41, 5.74) is 55.3. The predicted molar refractivity (Wildman–Crippen MR) is 345 cm³/mol. The summed E-state index contributed by atoms with van der Waals surface area (Å²) in [6, 6.07) is 19.0. The summed E-state index contributed by atoms with van der Waals surface area (Å²) in [5, 5.41) is 0. The van der Waals surface area contributed by atoms with Gasteiger partial charge < -0.3 is 68.0 Å². The van der Waals surface area contributed by atoms with Crippen LogP contribution in [0, 0.1) is 20.8 Å². The molecule has 4 aliphatic heterocycles. The largest absolute Gasteiger partial charge is 0.485 e. The van der Waals surface area contributed by atoms with Crippen LogP contribution in [0.4, 0.5) is 34.9 Å². The van der Waals surface area contributed by atoms with Crippen LogP contribution in [-0.2, 0) is 44.5 Å². The number of hydrogen-bond acceptors (Lipinski definition) is 23. The highest BCUT2D eigenvalue weighted by atomic mass is 16.6. The molecule has 90 heavy (non-hydrogen) atoms. The summed E-state index contributed by atoms with van der Waals surface area (Å²) < 4.78 is 25.7. The lowest BCUT2D eigenvalue weighted by Gasteiger charge is -2.27. The Bertz CT molecular complexity index is 4400. The standard InChI is InChI=1S/C23H26N6O.C22H24N6O2.C21H22N8O/c1-14-9-15(10-16-13-29(2)8-4-18(14)16)19-12-27-21(25)22(28-19)30-23(5-6-23)17-3-7-26-20(24)11-17;1-12-7-13(8-14-10-28(2)6-4-15(12)14)17-9-26-21(24)22(27-17)30-18-11-29-19-16(18)3-5-25-20(19)23;1-12-7-13(8-14-11-28(2)5-3-15(12)14)16-9-25-19(23)20(27-16)30-21-26-10-17-18(22)24-4-6-29(17)21/h3,7,9-12H,4-6,8,13H2,1-2H3,(H2,24,26)(H2,25,27);3,5,7-9,18H,4,6,10-11H2,1-2H3,(H2,23,25)(H2,24,26);4,6-10H,3,5,11H2,1-2H3,(H2,22,24)(H2,23,25). The molecule has 0 bridgehead atoms. The van der Waals surface area contributed by atoms with E-state index in [2.05, 4.69) is 138 Å². The van der Waals surface area contributed by atoms with Crippen molar-refractivity contribution >= 4 is 40.4 Å². The van der Waals surface area contributed by atoms with Crippen LogP contribution in [0.1, 0.15) is 80.1 Å². The molecule has 10 aromatic rings. The van der Waals surface area contributed by atoms with Crippen molar-refractivity contribution in [3.63, 3.8) is 0 Å². The SMILES string of the molecule is Cc1cc(-c2cnc(N)c(OC3(c4ccnc(N)c4)CC3)n2)cc2c1CCN(C)C2.Cc1cc(-c2cnc(N)c(OC3COc4c3ccnc4N)n2)cc2c1CCN(C)C2.Cc1cc(-c2cnc(N)c(Oc3ncc4c(N)nccn34)n2)cc2c1CCN(C)C2. The zero-order valence-electron chi connectivity index (χ0n) is 51.2. The number of aromatic nitrogens is 11. The molecule has 0 amide bonds. The van der Waals surface area contributed by atoms with Gasteiger partial charge in [0.15, 0.2) is 35.1 Å². The second kappa shape index (κ2) is 24.0. The first-order chi connectivity index (χ1) is 43.4. The number of fused-ring (bicyclic) bond motifs is 5. The molecule has 0 saturated heterocycles. The van der Waals surface area contributed by atoms with Crippen molar-refractivity contribution in [2.24, 2.45) is 0 Å². The number of rotatable bonds is 10. The Kier molecular flexibility index (Phi) is 15.7. The van der Waals surface area contributed by atoms with E-state index in [1.807, 2.05) is 18.2 Å². The zero-order chi connectivity index (χ0) is 62.5. The van der Waals surface area contributed by atoms with Crippen molar-refractivity contribution in [3.05, 3.63) is 165 Å². The monoisotopic (exact) mass is 1210 g/mol. The van der Waals surface area contributed by atoms with Crippen LogP contribution in [-0.4, -0.2) is 116 Å². The van der Waals surface area contributed by atoms with Crippen LogP contribution in [0.25, 0.3) is 39.3 Å². The lowest BCUT2D eigenvalue weighted by Crippen LogP contribution is -2.27. The van der Waals surface area contributed by atoms with E-state index in [9.17, 15) is 0 Å². The molecular formula is C66H72N20O4. The fourth-order valence-corrected chi connectivity index (χ4v) is 12.4. The zero-order valence-corrected chi connectivity index (χ0v) is 51.2. The molecule has 15 rings (SSSR count). The molecule has 1 atom stereocenters. The number of ether oxygens (including phenoxy) is 4. The number of anilines is 6. The number of nitrogens with two attached hydrogens (primary N) is 6. The summed E-state index contributed by atoms with van der Waals surface area (Å²) >= 11 is 0. The summed E-state index contributed by atoms with van der Waals surface area (Å²) in [6.45, 7) is 12.8. The Morgan fingerprint density at radius 1 is 0.522 bits per heavy atom. The fourth-order valence-electron chi connectivity index (χ4n) is 12.4. The average molecular weight is 1210 g/mol. The lowest BCUT2D eigenvalue weighted by atomic mass is 9.92. The van der Waals surface area contributed by atoms with Crippen LogP contribution >= 0.6 is 0 Å². The number of imidazole rings is 1. The quantitative estimate of drug-likeness (QED) is 0.0754. The number of hydrogen-bond donors (Lipinski definition) is 6. The van der Waals surface area contributed by atoms with Crippen LogP contribution < -0.4 is 53.3 Å². The third kappa shape index (κ3) is 11.9. The highest BCUT2D eigenvalue weighted by Gasteiger charge is 2.48. The maximum absolute atomic E-state index is 6.32. The van der Waals surface area contributed by atoms with Gasteiger partial charge in [0.25, 0.3) is 17.6 Å².